The van der Waals surface area contributed by atoms with Gasteiger partial charge in [-0.3, -0.25) is 14.4 Å². The maximum Gasteiger partial charge on any atom is 0.246 e. The van der Waals surface area contributed by atoms with Crippen LogP contribution in [-0.2, 0) is 19.1 Å². The summed E-state index contributed by atoms with van der Waals surface area (Å²) < 4.78 is 6.48. The predicted octanol–water partition coefficient (Wildman–Crippen LogP) is 1.97. The van der Waals surface area contributed by atoms with Gasteiger partial charge in [0.15, 0.2) is 0 Å². The second kappa shape index (κ2) is 10.6. The molecule has 3 rings (SSSR count). The molecule has 3 amide bonds. The standard InChI is InChI=1S/C24H40BrN3O5/c1-6-9-14(5)27-22(31)20-24-11-15(25)19(33-24)17(21(30)26-10-7-2)18(24)23(32)28(20)16(12-29)13(4)8-3/h13-20,29H,6-12H2,1-5H3,(H,26,30)(H,27,31)/t13-,14?,15?,16-,17-,18-,19-,20?,24?/m0/s1. The van der Waals surface area contributed by atoms with Crippen molar-refractivity contribution >= 4 is 33.7 Å². The smallest absolute Gasteiger partial charge is 0.246 e. The van der Waals surface area contributed by atoms with Crippen LogP contribution in [0.25, 0.3) is 0 Å². The van der Waals surface area contributed by atoms with E-state index in [-0.39, 0.29) is 41.1 Å². The molecule has 2 bridgehead atoms. The minimum Gasteiger partial charge on any atom is -0.394 e. The molecule has 9 atom stereocenters. The van der Waals surface area contributed by atoms with Crippen LogP contribution in [0, 0.1) is 17.8 Å². The number of hydrogen-bond donors (Lipinski definition) is 3. The van der Waals surface area contributed by atoms with Crippen molar-refractivity contribution in [3.63, 3.8) is 0 Å². The van der Waals surface area contributed by atoms with E-state index in [1.807, 2.05) is 27.7 Å². The lowest BCUT2D eigenvalue weighted by Crippen LogP contribution is -2.60. The zero-order valence-corrected chi connectivity index (χ0v) is 22.1. The lowest BCUT2D eigenvalue weighted by Gasteiger charge is -2.39. The van der Waals surface area contributed by atoms with Crippen LogP contribution in [0.4, 0.5) is 0 Å². The van der Waals surface area contributed by atoms with Crippen molar-refractivity contribution < 1.29 is 24.2 Å². The number of carbonyl (C=O) groups is 3. The summed E-state index contributed by atoms with van der Waals surface area (Å²) in [6.45, 7) is 10.3. The Morgan fingerprint density at radius 1 is 1.24 bits per heavy atom. The van der Waals surface area contributed by atoms with Crippen molar-refractivity contribution in [1.29, 1.82) is 0 Å². The number of nitrogens with zero attached hydrogens (tertiary/aromatic N) is 1. The Morgan fingerprint density at radius 3 is 2.52 bits per heavy atom. The van der Waals surface area contributed by atoms with Crippen molar-refractivity contribution in [2.45, 2.75) is 101 Å². The highest BCUT2D eigenvalue weighted by Crippen LogP contribution is 2.60. The van der Waals surface area contributed by atoms with E-state index in [1.165, 1.54) is 0 Å². The second-order valence-corrected chi connectivity index (χ2v) is 11.2. The molecule has 0 aromatic carbocycles. The summed E-state index contributed by atoms with van der Waals surface area (Å²) in [5.41, 5.74) is -1.08. The number of hydrogen-bond acceptors (Lipinski definition) is 5. The first-order valence-electron chi connectivity index (χ1n) is 12.5. The van der Waals surface area contributed by atoms with Crippen molar-refractivity contribution in [2.75, 3.05) is 13.2 Å². The zero-order valence-electron chi connectivity index (χ0n) is 20.5. The summed E-state index contributed by atoms with van der Waals surface area (Å²) in [6, 6.07) is -1.45. The molecule has 3 fully saturated rings. The highest BCUT2D eigenvalue weighted by atomic mass is 79.9. The molecule has 3 aliphatic rings. The molecule has 0 radical (unpaired) electrons. The fraction of sp³-hybridized carbons (Fsp3) is 0.875. The van der Waals surface area contributed by atoms with Crippen LogP contribution in [0.15, 0.2) is 0 Å². The van der Waals surface area contributed by atoms with E-state index >= 15 is 0 Å². The molecule has 3 N–H and O–H groups in total. The molecule has 4 unspecified atom stereocenters. The molecular formula is C24H40BrN3O5. The number of halogens is 1. The van der Waals surface area contributed by atoms with E-state index in [9.17, 15) is 19.5 Å². The zero-order chi connectivity index (χ0) is 24.5. The van der Waals surface area contributed by atoms with Crippen molar-refractivity contribution in [3.05, 3.63) is 0 Å². The van der Waals surface area contributed by atoms with E-state index < -0.39 is 35.6 Å². The van der Waals surface area contributed by atoms with Gasteiger partial charge in [-0.2, -0.15) is 0 Å². The van der Waals surface area contributed by atoms with Crippen LogP contribution in [0.2, 0.25) is 0 Å². The Labute approximate surface area is 205 Å². The molecule has 0 aliphatic carbocycles. The first kappa shape index (κ1) is 26.4. The third-order valence-corrected chi connectivity index (χ3v) is 8.63. The van der Waals surface area contributed by atoms with E-state index in [2.05, 4.69) is 33.5 Å². The SMILES string of the molecule is CCCNC(=O)[C@H]1[C@H]2C(=O)N([C@@H](CO)[C@@H](C)CC)C(C(=O)NC(C)CCC)C23CC(Br)[C@@H]1O3. The summed E-state index contributed by atoms with van der Waals surface area (Å²) >= 11 is 3.68. The topological polar surface area (TPSA) is 108 Å². The molecule has 3 aliphatic heterocycles. The number of amides is 3. The molecule has 1 spiro atoms. The van der Waals surface area contributed by atoms with E-state index in [0.717, 1.165) is 25.7 Å². The summed E-state index contributed by atoms with van der Waals surface area (Å²) in [6.07, 6.45) is 3.30. The second-order valence-electron chi connectivity index (χ2n) is 10.0. The van der Waals surface area contributed by atoms with E-state index in [0.29, 0.717) is 13.0 Å². The van der Waals surface area contributed by atoms with Crippen LogP contribution in [0.1, 0.15) is 66.7 Å². The van der Waals surface area contributed by atoms with Crippen molar-refractivity contribution in [2.24, 2.45) is 17.8 Å². The highest BCUT2D eigenvalue weighted by Gasteiger charge is 2.77. The van der Waals surface area contributed by atoms with Gasteiger partial charge in [0.05, 0.1) is 30.6 Å². The van der Waals surface area contributed by atoms with Gasteiger partial charge in [0.2, 0.25) is 17.7 Å². The van der Waals surface area contributed by atoms with Gasteiger partial charge >= 0.3 is 0 Å². The van der Waals surface area contributed by atoms with E-state index in [1.54, 1.807) is 4.90 Å². The maximum atomic E-state index is 14.0. The summed E-state index contributed by atoms with van der Waals surface area (Å²) in [7, 11) is 0. The number of carbonyl (C=O) groups excluding carboxylic acids is 3. The largest absolute Gasteiger partial charge is 0.394 e. The maximum absolute atomic E-state index is 14.0. The third kappa shape index (κ3) is 4.45. The Morgan fingerprint density at radius 2 is 1.94 bits per heavy atom. The summed E-state index contributed by atoms with van der Waals surface area (Å²) in [4.78, 5) is 42.3. The van der Waals surface area contributed by atoms with E-state index in [4.69, 9.17) is 4.74 Å². The molecule has 3 heterocycles. The highest BCUT2D eigenvalue weighted by molar-refractivity contribution is 9.09. The van der Waals surface area contributed by atoms with Gasteiger partial charge in [-0.05, 0) is 32.1 Å². The van der Waals surface area contributed by atoms with Gasteiger partial charge in [0.1, 0.15) is 11.6 Å². The summed E-state index contributed by atoms with van der Waals surface area (Å²) in [5, 5.41) is 16.3. The minimum absolute atomic E-state index is 0.0122. The van der Waals surface area contributed by atoms with Gasteiger partial charge in [0.25, 0.3) is 0 Å². The molecule has 3 saturated heterocycles. The Balaban J connectivity index is 2.05. The predicted molar refractivity (Wildman–Crippen MR) is 129 cm³/mol. The van der Waals surface area contributed by atoms with Crippen molar-refractivity contribution in [1.82, 2.24) is 15.5 Å². The number of ether oxygens (including phenoxy) is 1. The molecule has 0 aromatic heterocycles. The molecule has 188 valence electrons. The van der Waals surface area contributed by atoms with Crippen LogP contribution < -0.4 is 10.6 Å². The lowest BCUT2D eigenvalue weighted by molar-refractivity contribution is -0.147. The summed E-state index contributed by atoms with van der Waals surface area (Å²) in [5.74, 6) is -2.12. The van der Waals surface area contributed by atoms with Crippen LogP contribution in [0.5, 0.6) is 0 Å². The Kier molecular flexibility index (Phi) is 8.49. The molecule has 0 saturated carbocycles. The number of fused-ring (bicyclic) bond motifs is 1. The lowest BCUT2D eigenvalue weighted by atomic mass is 9.70. The first-order valence-corrected chi connectivity index (χ1v) is 13.4. The first-order chi connectivity index (χ1) is 15.7. The van der Waals surface area contributed by atoms with Crippen LogP contribution >= 0.6 is 15.9 Å². The minimum atomic E-state index is -1.08. The normalized spacial score (nSPS) is 35.3. The molecule has 0 aromatic rings. The number of likely N-dealkylation sites (tertiary alicyclic amines) is 1. The Bertz CT molecular complexity index is 752. The number of nitrogens with one attached hydrogen (secondary N) is 2. The van der Waals surface area contributed by atoms with Gasteiger partial charge in [-0.25, -0.2) is 0 Å². The van der Waals surface area contributed by atoms with Crippen molar-refractivity contribution in [3.8, 4) is 0 Å². The molecule has 9 heteroatoms. The molecule has 8 nitrogen and oxygen atoms in total. The van der Waals surface area contributed by atoms with Gasteiger partial charge in [-0.15, -0.1) is 0 Å². The number of alkyl halides is 1. The monoisotopic (exact) mass is 529 g/mol. The van der Waals surface area contributed by atoms with Gasteiger partial charge in [-0.1, -0.05) is 56.5 Å². The molecule has 33 heavy (non-hydrogen) atoms. The van der Waals surface area contributed by atoms with Crippen LogP contribution in [-0.4, -0.2) is 75.5 Å². The van der Waals surface area contributed by atoms with Gasteiger partial charge < -0.3 is 25.4 Å². The number of rotatable bonds is 11. The molecular weight excluding hydrogens is 490 g/mol. The fourth-order valence-corrected chi connectivity index (χ4v) is 6.97. The van der Waals surface area contributed by atoms with Crippen LogP contribution in [0.3, 0.4) is 0 Å². The third-order valence-electron chi connectivity index (χ3n) is 7.78. The number of aliphatic hydroxyl groups is 1. The fourth-order valence-electron chi connectivity index (χ4n) is 6.03. The average molecular weight is 531 g/mol. The Hall–Kier alpha value is -1.19. The quantitative estimate of drug-likeness (QED) is 0.354. The number of aliphatic hydroxyl groups excluding tert-OH is 1. The average Bonchev–Trinajstić information content (AvgIpc) is 3.36. The van der Waals surface area contributed by atoms with Gasteiger partial charge in [0, 0.05) is 17.4 Å².